The summed E-state index contributed by atoms with van der Waals surface area (Å²) in [5, 5.41) is 8.48. The lowest BCUT2D eigenvalue weighted by Gasteiger charge is -2.21. The van der Waals surface area contributed by atoms with E-state index in [1.165, 1.54) is 44.1 Å². The van der Waals surface area contributed by atoms with E-state index in [9.17, 15) is 0 Å². The predicted octanol–water partition coefficient (Wildman–Crippen LogP) is 12.7. The topological polar surface area (TPSA) is 56.1 Å². The highest BCUT2D eigenvalue weighted by Crippen LogP contribution is 2.38. The molecule has 2 unspecified atom stereocenters. The second kappa shape index (κ2) is 14.4. The van der Waals surface area contributed by atoms with Crippen LogP contribution >= 0.6 is 0 Å². The van der Waals surface area contributed by atoms with Crippen molar-refractivity contribution in [2.45, 2.75) is 19.0 Å². The van der Waals surface area contributed by atoms with E-state index < -0.39 is 0 Å². The first-order valence-electron chi connectivity index (χ1n) is 19.4. The Morgan fingerprint density at radius 3 is 2.18 bits per heavy atom. The molecule has 0 saturated heterocycles. The predicted molar refractivity (Wildman–Crippen MR) is 233 cm³/mol. The van der Waals surface area contributed by atoms with Gasteiger partial charge in [0.15, 0.2) is 0 Å². The van der Waals surface area contributed by atoms with Crippen LogP contribution in [-0.4, -0.2) is 4.57 Å². The summed E-state index contributed by atoms with van der Waals surface area (Å²) in [6.45, 7) is 0.763. The van der Waals surface area contributed by atoms with Crippen molar-refractivity contribution in [1.82, 2.24) is 9.88 Å². The normalized spacial score (nSPS) is 15.2. The Bertz CT molecular complexity index is 2950. The molecule has 1 aliphatic carbocycles. The number of hydrogen-bond acceptors (Lipinski definition) is 3. The lowest BCUT2D eigenvalue weighted by molar-refractivity contribution is 0.608. The van der Waals surface area contributed by atoms with Crippen molar-refractivity contribution in [2.75, 3.05) is 0 Å². The van der Waals surface area contributed by atoms with Crippen LogP contribution in [-0.2, 0) is 6.54 Å². The number of hydrogen-bond donors (Lipinski definition) is 2. The van der Waals surface area contributed by atoms with Crippen molar-refractivity contribution in [1.29, 1.82) is 0 Å². The number of nitrogens with one attached hydrogen (secondary N) is 1. The zero-order valence-corrected chi connectivity index (χ0v) is 31.0. The quantitative estimate of drug-likeness (QED) is 0.156. The summed E-state index contributed by atoms with van der Waals surface area (Å²) in [7, 11) is 0. The van der Waals surface area contributed by atoms with Gasteiger partial charge in [0.25, 0.3) is 0 Å². The van der Waals surface area contributed by atoms with Crippen LogP contribution in [0.25, 0.3) is 66.1 Å². The smallest absolute Gasteiger partial charge is 0.143 e. The first-order valence-corrected chi connectivity index (χ1v) is 19.4. The Kier molecular flexibility index (Phi) is 8.66. The van der Waals surface area contributed by atoms with E-state index in [4.69, 9.17) is 10.2 Å². The lowest BCUT2D eigenvalue weighted by Crippen LogP contribution is -2.22. The van der Waals surface area contributed by atoms with Crippen molar-refractivity contribution in [3.05, 3.63) is 217 Å². The zero-order chi connectivity index (χ0) is 37.4. The summed E-state index contributed by atoms with van der Waals surface area (Å²) in [6.07, 6.45) is 9.88. The SMILES string of the molecule is N/C(=C\C(NCc1ccccc1)c1ccccc1)C1C=CC(c2ccc3c(c2)c2ccccc2n3-c2ccc(-c3cccc4c3oc3ccccc34)cc2)=CC1. The summed E-state index contributed by atoms with van der Waals surface area (Å²) in [6, 6.07) is 60.2. The minimum absolute atomic E-state index is 0.0111. The molecule has 2 atom stereocenters. The Hall–Kier alpha value is -6.88. The number of nitrogens with zero attached hydrogens (tertiary/aromatic N) is 1. The number of aromatic nitrogens is 1. The third kappa shape index (κ3) is 6.20. The highest BCUT2D eigenvalue weighted by atomic mass is 16.3. The molecule has 0 aliphatic heterocycles. The molecule has 10 rings (SSSR count). The number of fused-ring (bicyclic) bond motifs is 6. The van der Waals surface area contributed by atoms with Crippen molar-refractivity contribution < 1.29 is 4.42 Å². The number of allylic oxidation sites excluding steroid dienone is 4. The van der Waals surface area contributed by atoms with Crippen molar-refractivity contribution in [2.24, 2.45) is 11.7 Å². The Morgan fingerprint density at radius 1 is 0.679 bits per heavy atom. The zero-order valence-electron chi connectivity index (χ0n) is 31.0. The average molecular weight is 724 g/mol. The molecule has 2 aromatic heterocycles. The van der Waals surface area contributed by atoms with Gasteiger partial charge in [0, 0.05) is 51.0 Å². The van der Waals surface area contributed by atoms with E-state index in [0.717, 1.165) is 57.4 Å². The third-order valence-electron chi connectivity index (χ3n) is 11.3. The van der Waals surface area contributed by atoms with Crippen LogP contribution in [0.1, 0.15) is 29.2 Å². The molecule has 0 amide bonds. The number of rotatable bonds is 9. The fourth-order valence-electron chi connectivity index (χ4n) is 8.35. The molecule has 270 valence electrons. The number of para-hydroxylation sites is 3. The summed E-state index contributed by atoms with van der Waals surface area (Å²) in [4.78, 5) is 0. The number of furan rings is 1. The second-order valence-electron chi connectivity index (χ2n) is 14.7. The molecule has 3 N–H and O–H groups in total. The molecule has 4 heteroatoms. The second-order valence-corrected chi connectivity index (χ2v) is 14.7. The first-order chi connectivity index (χ1) is 27.7. The molecule has 9 aromatic rings. The number of benzene rings is 7. The van der Waals surface area contributed by atoms with Gasteiger partial charge < -0.3 is 20.0 Å². The van der Waals surface area contributed by atoms with Crippen LogP contribution in [0.2, 0.25) is 0 Å². The Morgan fingerprint density at radius 2 is 1.38 bits per heavy atom. The summed E-state index contributed by atoms with van der Waals surface area (Å²) >= 11 is 0. The van der Waals surface area contributed by atoms with Gasteiger partial charge in [-0.25, -0.2) is 0 Å². The minimum atomic E-state index is 0.0111. The fourth-order valence-corrected chi connectivity index (χ4v) is 8.35. The van der Waals surface area contributed by atoms with E-state index in [1.54, 1.807) is 0 Å². The molecule has 2 heterocycles. The molecule has 0 radical (unpaired) electrons. The number of nitrogens with two attached hydrogens (primary N) is 1. The van der Waals surface area contributed by atoms with Crippen molar-refractivity contribution in [3.8, 4) is 16.8 Å². The van der Waals surface area contributed by atoms with E-state index in [2.05, 4.69) is 192 Å². The van der Waals surface area contributed by atoms with Gasteiger partial charge >= 0.3 is 0 Å². The van der Waals surface area contributed by atoms with Crippen LogP contribution in [0, 0.1) is 5.92 Å². The van der Waals surface area contributed by atoms with Crippen LogP contribution < -0.4 is 11.1 Å². The van der Waals surface area contributed by atoms with Crippen molar-refractivity contribution in [3.63, 3.8) is 0 Å². The Balaban J connectivity index is 0.925. The van der Waals surface area contributed by atoms with E-state index in [0.29, 0.717) is 0 Å². The molecule has 4 nitrogen and oxygen atoms in total. The third-order valence-corrected chi connectivity index (χ3v) is 11.3. The van der Waals surface area contributed by atoms with Crippen LogP contribution in [0.4, 0.5) is 0 Å². The molecular weight excluding hydrogens is 683 g/mol. The monoisotopic (exact) mass is 723 g/mol. The van der Waals surface area contributed by atoms with Crippen LogP contribution in [0.15, 0.2) is 204 Å². The van der Waals surface area contributed by atoms with Crippen molar-refractivity contribution >= 4 is 49.3 Å². The molecule has 0 saturated carbocycles. The Labute approximate surface area is 326 Å². The van der Waals surface area contributed by atoms with Gasteiger partial charge in [-0.1, -0.05) is 152 Å². The fraction of sp³-hybridized carbons (Fsp3) is 0.0769. The van der Waals surface area contributed by atoms with Gasteiger partial charge in [-0.15, -0.1) is 0 Å². The summed E-state index contributed by atoms with van der Waals surface area (Å²) in [5.41, 5.74) is 20.2. The molecule has 0 spiro atoms. The minimum Gasteiger partial charge on any atom is -0.455 e. The van der Waals surface area contributed by atoms with Crippen LogP contribution in [0.3, 0.4) is 0 Å². The lowest BCUT2D eigenvalue weighted by atomic mass is 9.89. The maximum absolute atomic E-state index is 6.85. The standard InChI is InChI=1S/C52H41N3O/c53-47(33-48(39-14-5-2-6-15-39)54-34-35-12-3-1-4-13-35)38-24-22-36(23-25-38)40-28-31-50-46(32-40)43-16-7-9-20-49(43)55(50)41-29-26-37(27-30-41)42-18-11-19-45-44-17-8-10-21-51(44)56-52(42)45/h1-24,26-33,38,48,54H,25,34,53H2/b47-33-. The summed E-state index contributed by atoms with van der Waals surface area (Å²) < 4.78 is 8.74. The molecule has 0 fully saturated rings. The van der Waals surface area contributed by atoms with E-state index in [-0.39, 0.29) is 12.0 Å². The van der Waals surface area contributed by atoms with Crippen LogP contribution in [0.5, 0.6) is 0 Å². The highest BCUT2D eigenvalue weighted by Gasteiger charge is 2.18. The maximum Gasteiger partial charge on any atom is 0.143 e. The first kappa shape index (κ1) is 33.7. The largest absolute Gasteiger partial charge is 0.455 e. The highest BCUT2D eigenvalue weighted by molar-refractivity contribution is 6.11. The van der Waals surface area contributed by atoms with Gasteiger partial charge in [0.2, 0.25) is 0 Å². The molecule has 0 bridgehead atoms. The van der Waals surface area contributed by atoms with E-state index >= 15 is 0 Å². The van der Waals surface area contributed by atoms with Gasteiger partial charge in [0.1, 0.15) is 11.2 Å². The molecule has 1 aliphatic rings. The molecule has 7 aromatic carbocycles. The summed E-state index contributed by atoms with van der Waals surface area (Å²) in [5.74, 6) is 0.135. The van der Waals surface area contributed by atoms with Gasteiger partial charge in [-0.3, -0.25) is 0 Å². The van der Waals surface area contributed by atoms with E-state index in [1.807, 2.05) is 12.1 Å². The van der Waals surface area contributed by atoms with Gasteiger partial charge in [-0.05, 0) is 76.7 Å². The average Bonchev–Trinajstić information content (AvgIpc) is 3.81. The molecule has 56 heavy (non-hydrogen) atoms. The van der Waals surface area contributed by atoms with Gasteiger partial charge in [-0.2, -0.15) is 0 Å². The molecular formula is C52H41N3O. The maximum atomic E-state index is 6.85. The van der Waals surface area contributed by atoms with Gasteiger partial charge in [0.05, 0.1) is 17.1 Å².